The van der Waals surface area contributed by atoms with Crippen molar-refractivity contribution in [2.45, 2.75) is 6.92 Å². The number of aryl methyl sites for hydroxylation is 1. The van der Waals surface area contributed by atoms with Gasteiger partial charge in [-0.05, 0) is 34.9 Å². The molecule has 0 aliphatic rings. The first-order valence-corrected chi connectivity index (χ1v) is 7.49. The van der Waals surface area contributed by atoms with Gasteiger partial charge in [-0.25, -0.2) is 0 Å². The van der Waals surface area contributed by atoms with Gasteiger partial charge in [-0.3, -0.25) is 10.1 Å². The number of amides is 1. The van der Waals surface area contributed by atoms with Crippen LogP contribution >= 0.6 is 34.3 Å². The van der Waals surface area contributed by atoms with Crippen molar-refractivity contribution in [2.75, 3.05) is 5.32 Å². The van der Waals surface area contributed by atoms with Crippen LogP contribution < -0.4 is 9.83 Å². The van der Waals surface area contributed by atoms with Gasteiger partial charge in [-0.1, -0.05) is 35.1 Å². The highest BCUT2D eigenvalue weighted by Gasteiger charge is 2.18. The molecule has 2 heterocycles. The van der Waals surface area contributed by atoms with Gasteiger partial charge in [0.1, 0.15) is 0 Å². The lowest BCUT2D eigenvalue weighted by Gasteiger charge is -2.01. The molecule has 0 aliphatic heterocycles. The first-order chi connectivity index (χ1) is 9.13. The highest BCUT2D eigenvalue weighted by Crippen LogP contribution is 2.23. The molecule has 19 heavy (non-hydrogen) atoms. The zero-order valence-corrected chi connectivity index (χ0v) is 12.3. The van der Waals surface area contributed by atoms with Crippen LogP contribution in [-0.2, 0) is 0 Å². The number of fused-ring (bicyclic) bond motifs is 1. The number of hydrogen-bond acceptors (Lipinski definition) is 4. The van der Waals surface area contributed by atoms with E-state index in [0.717, 1.165) is 4.14 Å². The number of rotatable bonds is 2. The quantitative estimate of drug-likeness (QED) is 0.739. The maximum atomic E-state index is 12.1. The number of hydrogen-bond donors (Lipinski definition) is 1. The van der Waals surface area contributed by atoms with Crippen molar-refractivity contribution in [2.24, 2.45) is 0 Å². The summed E-state index contributed by atoms with van der Waals surface area (Å²) in [7, 11) is 0. The molecule has 3 aromatic rings. The molecule has 96 valence electrons. The van der Waals surface area contributed by atoms with E-state index in [0.29, 0.717) is 15.7 Å². The molecule has 0 fully saturated rings. The molecule has 0 radical (unpaired) electrons. The van der Waals surface area contributed by atoms with Crippen molar-refractivity contribution >= 4 is 49.5 Å². The first kappa shape index (κ1) is 12.5. The normalized spacial score (nSPS) is 10.8. The van der Waals surface area contributed by atoms with E-state index in [4.69, 9.17) is 11.6 Å². The number of nitrogens with zero attached hydrogens (tertiary/aromatic N) is 2. The van der Waals surface area contributed by atoms with E-state index >= 15 is 0 Å². The fraction of sp³-hybridized carbons (Fsp3) is 0.0833. The summed E-state index contributed by atoms with van der Waals surface area (Å²) in [6.45, 7) is 2.02. The number of halogens is 1. The van der Waals surface area contributed by atoms with Gasteiger partial charge in [-0.15, -0.1) is 0 Å². The Balaban J connectivity index is 1.86. The van der Waals surface area contributed by atoms with Crippen LogP contribution in [0.2, 0.25) is 5.02 Å². The summed E-state index contributed by atoms with van der Waals surface area (Å²) in [5.74, 6) is -0.246. The molecular formula is C12H9ClN3OS2+. The van der Waals surface area contributed by atoms with Crippen LogP contribution in [0.1, 0.15) is 15.2 Å². The third-order valence-electron chi connectivity index (χ3n) is 2.46. The van der Waals surface area contributed by atoms with E-state index in [-0.39, 0.29) is 5.91 Å². The lowest BCUT2D eigenvalue weighted by Crippen LogP contribution is -2.20. The van der Waals surface area contributed by atoms with Gasteiger partial charge in [0.2, 0.25) is 6.20 Å². The van der Waals surface area contributed by atoms with Gasteiger partial charge >= 0.3 is 4.14 Å². The molecule has 3 rings (SSSR count). The van der Waals surface area contributed by atoms with Gasteiger partial charge in [0.05, 0.1) is 15.5 Å². The fourth-order valence-corrected chi connectivity index (χ4v) is 3.89. The van der Waals surface area contributed by atoms with Crippen LogP contribution in [-0.4, -0.2) is 11.0 Å². The van der Waals surface area contributed by atoms with Crippen molar-refractivity contribution in [3.8, 4) is 0 Å². The van der Waals surface area contributed by atoms with E-state index in [2.05, 4.69) is 10.4 Å². The lowest BCUT2D eigenvalue weighted by atomic mass is 10.2. The molecule has 0 saturated carbocycles. The average Bonchev–Trinajstić information content (AvgIpc) is 2.86. The molecule has 0 spiro atoms. The minimum absolute atomic E-state index is 0.246. The second-order valence-corrected chi connectivity index (χ2v) is 6.77. The van der Waals surface area contributed by atoms with Crippen LogP contribution in [0.25, 0.3) is 4.14 Å². The van der Waals surface area contributed by atoms with Crippen molar-refractivity contribution in [3.63, 3.8) is 0 Å². The molecule has 0 atom stereocenters. The summed E-state index contributed by atoms with van der Waals surface area (Å²) < 4.78 is 2.80. The molecular weight excluding hydrogens is 302 g/mol. The Morgan fingerprint density at radius 1 is 1.37 bits per heavy atom. The number of anilines is 1. The Morgan fingerprint density at radius 2 is 2.16 bits per heavy atom. The molecule has 4 nitrogen and oxygen atoms in total. The zero-order chi connectivity index (χ0) is 13.4. The van der Waals surface area contributed by atoms with E-state index < -0.39 is 0 Å². The average molecular weight is 311 g/mol. The summed E-state index contributed by atoms with van der Waals surface area (Å²) in [5.41, 5.74) is 0.448. The molecule has 0 bridgehead atoms. The predicted octanol–water partition coefficient (Wildman–Crippen LogP) is 3.16. The summed E-state index contributed by atoms with van der Waals surface area (Å²) in [5, 5.41) is 8.06. The fourth-order valence-electron chi connectivity index (χ4n) is 1.63. The van der Waals surface area contributed by atoms with Crippen LogP contribution in [0.4, 0.5) is 5.13 Å². The van der Waals surface area contributed by atoms with E-state index in [1.54, 1.807) is 40.1 Å². The van der Waals surface area contributed by atoms with Gasteiger partial charge < -0.3 is 0 Å². The largest absolute Gasteiger partial charge is 0.354 e. The van der Waals surface area contributed by atoms with Crippen molar-refractivity contribution < 1.29 is 9.31 Å². The number of benzene rings is 1. The monoisotopic (exact) mass is 310 g/mol. The van der Waals surface area contributed by atoms with Crippen LogP contribution in [0.5, 0.6) is 0 Å². The van der Waals surface area contributed by atoms with E-state index in [9.17, 15) is 4.79 Å². The minimum Gasteiger partial charge on any atom is -0.293 e. The molecule has 1 amide bonds. The molecule has 7 heteroatoms. The maximum absolute atomic E-state index is 12.1. The Bertz CT molecular complexity index is 734. The number of carbonyl (C=O) groups excluding carboxylic acids is 1. The highest BCUT2D eigenvalue weighted by atomic mass is 35.5. The Morgan fingerprint density at radius 3 is 2.89 bits per heavy atom. The van der Waals surface area contributed by atoms with E-state index in [1.807, 2.05) is 13.1 Å². The summed E-state index contributed by atoms with van der Waals surface area (Å²) in [4.78, 5) is 13.2. The molecule has 1 aromatic carbocycles. The third kappa shape index (κ3) is 2.47. The predicted molar refractivity (Wildman–Crippen MR) is 77.3 cm³/mol. The minimum atomic E-state index is -0.246. The number of nitrogens with one attached hydrogen (secondary N) is 1. The maximum Gasteiger partial charge on any atom is 0.354 e. The van der Waals surface area contributed by atoms with Crippen molar-refractivity contribution in [1.82, 2.24) is 5.10 Å². The first-order valence-electron chi connectivity index (χ1n) is 5.48. The number of thiazole rings is 1. The molecule has 1 N–H and O–H groups in total. The van der Waals surface area contributed by atoms with E-state index in [1.165, 1.54) is 16.2 Å². The molecule has 0 aliphatic carbocycles. The zero-order valence-electron chi connectivity index (χ0n) is 9.88. The summed E-state index contributed by atoms with van der Waals surface area (Å²) in [6.07, 6.45) is 1.93. The SMILES string of the molecule is Cc1c[n+]2nc(NC(=O)c3ccccc3Cl)sc2s1. The topological polar surface area (TPSA) is 46.1 Å². The molecule has 0 saturated heterocycles. The van der Waals surface area contributed by atoms with Gasteiger partial charge in [-0.2, -0.15) is 0 Å². The number of aromatic nitrogens is 2. The van der Waals surface area contributed by atoms with Gasteiger partial charge in [0, 0.05) is 5.10 Å². The number of carbonyl (C=O) groups is 1. The summed E-state index contributed by atoms with van der Waals surface area (Å²) >= 11 is 9.07. The standard InChI is InChI=1S/C12H8ClN3OS2/c1-7-6-16-12(18-7)19-11(15-16)14-10(17)8-4-2-3-5-9(8)13/h2-6H,1H3/p+1. The van der Waals surface area contributed by atoms with Gasteiger partial charge in [0.15, 0.2) is 0 Å². The molecule has 0 unspecified atom stereocenters. The van der Waals surface area contributed by atoms with Crippen LogP contribution in [0.3, 0.4) is 0 Å². The molecule has 2 aromatic heterocycles. The Labute approximate surface area is 122 Å². The lowest BCUT2D eigenvalue weighted by molar-refractivity contribution is -0.570. The van der Waals surface area contributed by atoms with Crippen LogP contribution in [0.15, 0.2) is 30.5 Å². The smallest absolute Gasteiger partial charge is 0.293 e. The van der Waals surface area contributed by atoms with Gasteiger partial charge in [0.25, 0.3) is 11.0 Å². The Hall–Kier alpha value is -1.50. The van der Waals surface area contributed by atoms with Crippen LogP contribution in [0, 0.1) is 6.92 Å². The second-order valence-electron chi connectivity index (χ2n) is 3.89. The third-order valence-corrected chi connectivity index (χ3v) is 4.82. The Kier molecular flexibility index (Phi) is 3.22. The summed E-state index contributed by atoms with van der Waals surface area (Å²) in [6, 6.07) is 6.94. The van der Waals surface area contributed by atoms with Crippen molar-refractivity contribution in [1.29, 1.82) is 0 Å². The van der Waals surface area contributed by atoms with Crippen molar-refractivity contribution in [3.05, 3.63) is 45.9 Å². The second kappa shape index (κ2) is 4.88. The highest BCUT2D eigenvalue weighted by molar-refractivity contribution is 7.37.